The lowest BCUT2D eigenvalue weighted by Crippen LogP contribution is -2.04. The topological polar surface area (TPSA) is 89.6 Å². The Kier molecular flexibility index (Phi) is 3.42. The molecule has 1 aromatic carbocycles. The van der Waals surface area contributed by atoms with Crippen LogP contribution in [0.4, 0.5) is 5.69 Å². The Balaban J connectivity index is 2.19. The molecule has 1 aliphatic rings. The molecule has 0 saturated carbocycles. The predicted octanol–water partition coefficient (Wildman–Crippen LogP) is 1.87. The van der Waals surface area contributed by atoms with Crippen molar-refractivity contribution >= 4 is 23.1 Å². The molecule has 1 aromatic rings. The zero-order valence-corrected chi connectivity index (χ0v) is 9.65. The van der Waals surface area contributed by atoms with Crippen LogP contribution in [0.25, 0.3) is 0 Å². The first kappa shape index (κ1) is 12.6. The van der Waals surface area contributed by atoms with Crippen LogP contribution in [0.1, 0.15) is 10.4 Å². The number of non-ortho nitro benzene ring substituents is 1. The summed E-state index contributed by atoms with van der Waals surface area (Å²) in [4.78, 5) is 36.4. The average Bonchev–Trinajstić information content (AvgIpc) is 2.41. The summed E-state index contributed by atoms with van der Waals surface area (Å²) < 4.78 is 0. The van der Waals surface area contributed by atoms with Crippen LogP contribution in [0.2, 0.25) is 0 Å². The summed E-state index contributed by atoms with van der Waals surface area (Å²) in [6.07, 6.45) is 5.49. The van der Waals surface area contributed by atoms with Crippen molar-refractivity contribution in [2.45, 2.75) is 0 Å². The van der Waals surface area contributed by atoms with E-state index in [2.05, 4.69) is 4.99 Å². The van der Waals surface area contributed by atoms with Gasteiger partial charge in [-0.15, -0.1) is 0 Å². The van der Waals surface area contributed by atoms with E-state index in [1.54, 1.807) is 0 Å². The van der Waals surface area contributed by atoms with Crippen LogP contribution in [0.15, 0.2) is 53.6 Å². The number of ketones is 1. The van der Waals surface area contributed by atoms with Crippen LogP contribution in [0.3, 0.4) is 0 Å². The van der Waals surface area contributed by atoms with Crippen molar-refractivity contribution in [3.8, 4) is 0 Å². The van der Waals surface area contributed by atoms with Crippen molar-refractivity contribution in [3.63, 3.8) is 0 Å². The molecule has 0 heterocycles. The minimum absolute atomic E-state index is 0.0905. The third-order valence-corrected chi connectivity index (χ3v) is 2.39. The molecule has 0 unspecified atom stereocenters. The number of hydrogen-bond donors (Lipinski definition) is 0. The lowest BCUT2D eigenvalue weighted by molar-refractivity contribution is -0.384. The molecule has 6 heteroatoms. The second kappa shape index (κ2) is 5.18. The smallest absolute Gasteiger partial charge is 0.277 e. The highest BCUT2D eigenvalue weighted by molar-refractivity contribution is 6.20. The molecular weight excluding hydrogens is 248 g/mol. The van der Waals surface area contributed by atoms with Gasteiger partial charge in [-0.2, -0.15) is 0 Å². The number of amides is 1. The van der Waals surface area contributed by atoms with Gasteiger partial charge in [0.1, 0.15) is 0 Å². The zero-order valence-electron chi connectivity index (χ0n) is 9.65. The normalized spacial score (nSPS) is 13.5. The maximum Gasteiger partial charge on any atom is 0.277 e. The Morgan fingerprint density at radius 2 is 1.63 bits per heavy atom. The molecule has 0 fully saturated rings. The number of hydrogen-bond acceptors (Lipinski definition) is 4. The molecular formula is C13H8N2O4. The largest absolute Gasteiger partial charge is 0.290 e. The summed E-state index contributed by atoms with van der Waals surface area (Å²) in [7, 11) is 0. The highest BCUT2D eigenvalue weighted by Crippen LogP contribution is 2.13. The van der Waals surface area contributed by atoms with Gasteiger partial charge in [0.2, 0.25) is 0 Å². The Morgan fingerprint density at radius 3 is 2.16 bits per heavy atom. The molecule has 0 aromatic heterocycles. The summed E-state index contributed by atoms with van der Waals surface area (Å²) in [5.74, 6) is -0.685. The van der Waals surface area contributed by atoms with Crippen molar-refractivity contribution in [1.82, 2.24) is 0 Å². The molecule has 1 amide bonds. The van der Waals surface area contributed by atoms with Gasteiger partial charge in [-0.1, -0.05) is 0 Å². The minimum atomic E-state index is -0.543. The van der Waals surface area contributed by atoms with Crippen LogP contribution in [-0.2, 0) is 4.79 Å². The molecule has 0 spiro atoms. The van der Waals surface area contributed by atoms with Gasteiger partial charge in [0, 0.05) is 17.7 Å². The SMILES string of the molecule is O=C1C=CC(=NC(=O)c2ccc([N+](=O)[O-])cc2)C=C1. The summed E-state index contributed by atoms with van der Waals surface area (Å²) >= 11 is 0. The van der Waals surface area contributed by atoms with Gasteiger partial charge in [0.05, 0.1) is 10.6 Å². The van der Waals surface area contributed by atoms with Gasteiger partial charge in [0.15, 0.2) is 5.78 Å². The van der Waals surface area contributed by atoms with Crippen LogP contribution < -0.4 is 0 Å². The zero-order chi connectivity index (χ0) is 13.8. The monoisotopic (exact) mass is 256 g/mol. The predicted molar refractivity (Wildman–Crippen MR) is 68.1 cm³/mol. The number of carbonyl (C=O) groups is 2. The maximum atomic E-state index is 11.8. The first-order chi connectivity index (χ1) is 9.06. The molecule has 2 rings (SSSR count). The molecule has 0 saturated heterocycles. The number of nitrogens with zero attached hydrogens (tertiary/aromatic N) is 2. The molecule has 0 radical (unpaired) electrons. The van der Waals surface area contributed by atoms with E-state index in [-0.39, 0.29) is 17.0 Å². The van der Waals surface area contributed by atoms with Crippen LogP contribution in [0, 0.1) is 10.1 Å². The lowest BCUT2D eigenvalue weighted by atomic mass is 10.1. The Morgan fingerprint density at radius 1 is 1.05 bits per heavy atom. The third kappa shape index (κ3) is 3.06. The summed E-state index contributed by atoms with van der Waals surface area (Å²) in [6, 6.07) is 5.16. The van der Waals surface area contributed by atoms with E-state index in [9.17, 15) is 19.7 Å². The van der Waals surface area contributed by atoms with Gasteiger partial charge in [-0.3, -0.25) is 19.7 Å². The van der Waals surface area contributed by atoms with Crippen molar-refractivity contribution in [2.24, 2.45) is 4.99 Å². The summed E-state index contributed by atoms with van der Waals surface area (Å²) in [6.45, 7) is 0. The van der Waals surface area contributed by atoms with Crippen LogP contribution in [0.5, 0.6) is 0 Å². The fourth-order valence-corrected chi connectivity index (χ4v) is 1.43. The Bertz CT molecular complexity index is 621. The second-order valence-electron chi connectivity index (χ2n) is 3.71. The van der Waals surface area contributed by atoms with Gasteiger partial charge in [-0.05, 0) is 36.4 Å². The average molecular weight is 256 g/mol. The number of rotatable bonds is 2. The number of nitro benzene ring substituents is 1. The molecule has 0 atom stereocenters. The highest BCUT2D eigenvalue weighted by atomic mass is 16.6. The number of nitro groups is 1. The van der Waals surface area contributed by atoms with Gasteiger partial charge in [0.25, 0.3) is 11.6 Å². The number of benzene rings is 1. The van der Waals surface area contributed by atoms with Crippen molar-refractivity contribution in [1.29, 1.82) is 0 Å². The van der Waals surface area contributed by atoms with E-state index in [1.807, 2.05) is 0 Å². The van der Waals surface area contributed by atoms with E-state index in [0.717, 1.165) is 0 Å². The summed E-state index contributed by atoms with van der Waals surface area (Å²) in [5, 5.41) is 10.5. The molecule has 1 aliphatic carbocycles. The lowest BCUT2D eigenvalue weighted by Gasteiger charge is -1.99. The Labute approximate surface area is 107 Å². The molecule has 94 valence electrons. The van der Waals surface area contributed by atoms with Crippen LogP contribution in [-0.4, -0.2) is 22.3 Å². The highest BCUT2D eigenvalue weighted by Gasteiger charge is 2.09. The molecule has 0 N–H and O–H groups in total. The molecule has 19 heavy (non-hydrogen) atoms. The van der Waals surface area contributed by atoms with E-state index in [4.69, 9.17) is 0 Å². The number of allylic oxidation sites excluding steroid dienone is 4. The van der Waals surface area contributed by atoms with Crippen molar-refractivity contribution in [3.05, 3.63) is 64.2 Å². The fraction of sp³-hybridized carbons (Fsp3) is 0. The van der Waals surface area contributed by atoms with Gasteiger partial charge in [-0.25, -0.2) is 4.99 Å². The van der Waals surface area contributed by atoms with Gasteiger partial charge < -0.3 is 0 Å². The fourth-order valence-electron chi connectivity index (χ4n) is 1.43. The quantitative estimate of drug-likeness (QED) is 0.459. The number of aliphatic imine (C=N–C) groups is 1. The van der Waals surface area contributed by atoms with Crippen molar-refractivity contribution < 1.29 is 14.5 Å². The van der Waals surface area contributed by atoms with Gasteiger partial charge >= 0.3 is 0 Å². The summed E-state index contributed by atoms with van der Waals surface area (Å²) in [5.41, 5.74) is 0.520. The molecule has 6 nitrogen and oxygen atoms in total. The third-order valence-electron chi connectivity index (χ3n) is 2.39. The van der Waals surface area contributed by atoms with E-state index >= 15 is 0 Å². The van der Waals surface area contributed by atoms with Crippen LogP contribution >= 0.6 is 0 Å². The molecule has 0 bridgehead atoms. The van der Waals surface area contributed by atoms with E-state index in [0.29, 0.717) is 5.71 Å². The van der Waals surface area contributed by atoms with E-state index < -0.39 is 10.8 Å². The second-order valence-corrected chi connectivity index (χ2v) is 3.71. The standard InChI is InChI=1S/C13H8N2O4/c16-12-7-3-10(4-8-12)14-13(17)9-1-5-11(6-2-9)15(18)19/h1-8H. The van der Waals surface area contributed by atoms with E-state index in [1.165, 1.54) is 48.6 Å². The first-order valence-corrected chi connectivity index (χ1v) is 5.34. The first-order valence-electron chi connectivity index (χ1n) is 5.34. The minimum Gasteiger partial charge on any atom is -0.290 e. The number of carbonyl (C=O) groups excluding carboxylic acids is 2. The Hall–Kier alpha value is -2.89. The maximum absolute atomic E-state index is 11.8. The molecule has 0 aliphatic heterocycles. The van der Waals surface area contributed by atoms with Crippen molar-refractivity contribution in [2.75, 3.05) is 0 Å².